The first-order chi connectivity index (χ1) is 16.7. The summed E-state index contributed by atoms with van der Waals surface area (Å²) in [6.45, 7) is 2.09. The molecule has 4 rings (SSSR count). The number of aryl methyl sites for hydroxylation is 2. The average molecular weight is 517 g/mol. The molecule has 35 heavy (non-hydrogen) atoms. The largest absolute Gasteiger partial charge is 0.497 e. The van der Waals surface area contributed by atoms with Crippen molar-refractivity contribution in [3.05, 3.63) is 65.1 Å². The second-order valence-corrected chi connectivity index (χ2v) is 12.6. The molecule has 1 aliphatic carbocycles. The van der Waals surface area contributed by atoms with Gasteiger partial charge >= 0.3 is 0 Å². The number of ether oxygens (including phenoxy) is 2. The van der Waals surface area contributed by atoms with E-state index in [0.29, 0.717) is 30.0 Å². The van der Waals surface area contributed by atoms with Gasteiger partial charge in [-0.05, 0) is 85.4 Å². The van der Waals surface area contributed by atoms with E-state index in [-0.39, 0.29) is 6.16 Å². The lowest BCUT2D eigenvalue weighted by atomic mass is 9.77. The number of rotatable bonds is 9. The summed E-state index contributed by atoms with van der Waals surface area (Å²) in [5, 5.41) is 0.640. The number of hydrogen-bond acceptors (Lipinski definition) is 4. The zero-order valence-corrected chi connectivity index (χ0v) is 22.3. The number of aromatic nitrogens is 2. The summed E-state index contributed by atoms with van der Waals surface area (Å²) in [5.74, 6) is 2.59. The van der Waals surface area contributed by atoms with Crippen molar-refractivity contribution in [1.29, 1.82) is 0 Å². The van der Waals surface area contributed by atoms with Crippen LogP contribution in [0.25, 0.3) is 11.3 Å². The summed E-state index contributed by atoms with van der Waals surface area (Å²) in [7, 11) is 0.589. The summed E-state index contributed by atoms with van der Waals surface area (Å²) in [5.41, 5.74) is 4.17. The third-order valence-electron chi connectivity index (χ3n) is 6.87. The van der Waals surface area contributed by atoms with Crippen molar-refractivity contribution in [2.45, 2.75) is 38.0 Å². The fraction of sp³-hybridized carbons (Fsp3) is 0.444. The molecule has 6 nitrogen and oxygen atoms in total. The van der Waals surface area contributed by atoms with E-state index in [1.54, 1.807) is 13.4 Å². The van der Waals surface area contributed by atoms with Crippen molar-refractivity contribution in [3.63, 3.8) is 0 Å². The van der Waals surface area contributed by atoms with Gasteiger partial charge in [-0.3, -0.25) is 4.57 Å². The molecule has 8 heteroatoms. The first-order valence-corrected chi connectivity index (χ1v) is 14.8. The van der Waals surface area contributed by atoms with E-state index >= 15 is 0 Å². The highest BCUT2D eigenvalue weighted by molar-refractivity contribution is 7.57. The molecule has 0 bridgehead atoms. The van der Waals surface area contributed by atoms with Crippen LogP contribution in [0.1, 0.15) is 42.7 Å². The molecule has 1 saturated carbocycles. The molecule has 0 amide bonds. The van der Waals surface area contributed by atoms with E-state index in [2.05, 4.69) is 17.1 Å². The molecule has 0 saturated heterocycles. The van der Waals surface area contributed by atoms with Crippen molar-refractivity contribution < 1.29 is 18.9 Å². The monoisotopic (exact) mass is 516 g/mol. The lowest BCUT2D eigenvalue weighted by Crippen LogP contribution is -2.19. The maximum atomic E-state index is 11.6. The molecule has 3 aromatic rings. The predicted octanol–water partition coefficient (Wildman–Crippen LogP) is 6.54. The number of hydrogen-bond donors (Lipinski definition) is 1. The zero-order valence-electron chi connectivity index (χ0n) is 20.6. The SMILES string of the molecule is COc1ccc(-c2ncn(C)c2Cl)c(C2CCC(COc3cccc(CCP(C)(=O)O)c3)CC2)c1. The highest BCUT2D eigenvalue weighted by Gasteiger charge is 2.26. The molecule has 1 N–H and O–H groups in total. The zero-order chi connectivity index (χ0) is 25.0. The number of benzene rings is 2. The summed E-state index contributed by atoms with van der Waals surface area (Å²) in [4.78, 5) is 14.1. The molecular weight excluding hydrogens is 483 g/mol. The predicted molar refractivity (Wildman–Crippen MR) is 141 cm³/mol. The van der Waals surface area contributed by atoms with E-state index in [9.17, 15) is 9.46 Å². The van der Waals surface area contributed by atoms with Gasteiger partial charge in [-0.2, -0.15) is 0 Å². The van der Waals surface area contributed by atoms with Crippen LogP contribution in [-0.2, 0) is 18.0 Å². The molecule has 1 aromatic heterocycles. The average Bonchev–Trinajstić information content (AvgIpc) is 3.19. The number of halogens is 1. The Morgan fingerprint density at radius 2 is 1.91 bits per heavy atom. The van der Waals surface area contributed by atoms with Crippen LogP contribution in [0.4, 0.5) is 0 Å². The van der Waals surface area contributed by atoms with E-state index in [1.165, 1.54) is 12.2 Å². The highest BCUT2D eigenvalue weighted by Crippen LogP contribution is 2.42. The van der Waals surface area contributed by atoms with E-state index in [0.717, 1.165) is 54.0 Å². The standard InChI is InChI=1S/C27H34ClN2O4P/c1-30-18-29-26(27(30)28)24-12-11-22(33-2)16-25(24)21-9-7-20(8-10-21)17-34-23-6-4-5-19(15-23)13-14-35(3,31)32/h4-6,11-12,15-16,18,20-21H,7-10,13-14,17H2,1-3H3,(H,31,32). The molecule has 1 aliphatic rings. The summed E-state index contributed by atoms with van der Waals surface area (Å²) in [6.07, 6.45) is 6.93. The lowest BCUT2D eigenvalue weighted by Gasteiger charge is -2.30. The Balaban J connectivity index is 1.38. The van der Waals surface area contributed by atoms with Gasteiger partial charge in [-0.25, -0.2) is 4.98 Å². The minimum atomic E-state index is -3.01. The van der Waals surface area contributed by atoms with Crippen LogP contribution in [0.5, 0.6) is 11.5 Å². The Morgan fingerprint density at radius 3 is 2.57 bits per heavy atom. The van der Waals surface area contributed by atoms with Crippen LogP contribution in [0.15, 0.2) is 48.8 Å². The third-order valence-corrected chi connectivity index (χ3v) is 8.36. The van der Waals surface area contributed by atoms with Gasteiger partial charge in [-0.15, -0.1) is 0 Å². The Labute approximate surface area is 212 Å². The molecule has 2 aromatic carbocycles. The molecular formula is C27H34ClN2O4P. The third kappa shape index (κ3) is 6.69. The fourth-order valence-corrected chi connectivity index (χ4v) is 5.67. The van der Waals surface area contributed by atoms with Crippen LogP contribution in [-0.4, -0.2) is 41.0 Å². The van der Waals surface area contributed by atoms with Crippen molar-refractivity contribution in [2.75, 3.05) is 26.5 Å². The van der Waals surface area contributed by atoms with Crippen LogP contribution in [0.3, 0.4) is 0 Å². The molecule has 0 spiro atoms. The summed E-state index contributed by atoms with van der Waals surface area (Å²) in [6, 6.07) is 14.0. The minimum absolute atomic E-state index is 0.288. The molecule has 1 atom stereocenters. The van der Waals surface area contributed by atoms with Crippen LogP contribution >= 0.6 is 19.0 Å². The molecule has 1 unspecified atom stereocenters. The molecule has 1 heterocycles. The van der Waals surface area contributed by atoms with Gasteiger partial charge in [0.15, 0.2) is 7.37 Å². The van der Waals surface area contributed by atoms with Gasteiger partial charge in [0.25, 0.3) is 0 Å². The highest BCUT2D eigenvalue weighted by atomic mass is 35.5. The van der Waals surface area contributed by atoms with Gasteiger partial charge < -0.3 is 18.9 Å². The Morgan fingerprint density at radius 1 is 1.14 bits per heavy atom. The van der Waals surface area contributed by atoms with E-state index < -0.39 is 7.37 Å². The lowest BCUT2D eigenvalue weighted by molar-refractivity contribution is 0.200. The smallest absolute Gasteiger partial charge is 0.197 e. The van der Waals surface area contributed by atoms with Gasteiger partial charge in [0.1, 0.15) is 22.3 Å². The Bertz CT molecular complexity index is 1200. The van der Waals surface area contributed by atoms with E-state index in [1.807, 2.05) is 41.9 Å². The van der Waals surface area contributed by atoms with Gasteiger partial charge in [0, 0.05) is 25.4 Å². The molecule has 0 radical (unpaired) electrons. The maximum absolute atomic E-state index is 11.6. The molecule has 0 aliphatic heterocycles. The van der Waals surface area contributed by atoms with Crippen LogP contribution in [0.2, 0.25) is 5.15 Å². The molecule has 1 fully saturated rings. The van der Waals surface area contributed by atoms with Crippen molar-refractivity contribution in [1.82, 2.24) is 9.55 Å². The first-order valence-electron chi connectivity index (χ1n) is 12.1. The van der Waals surface area contributed by atoms with Crippen molar-refractivity contribution in [3.8, 4) is 22.8 Å². The Kier molecular flexibility index (Phi) is 8.26. The second-order valence-electron chi connectivity index (χ2n) is 9.65. The number of methoxy groups -OCH3 is 1. The van der Waals surface area contributed by atoms with Gasteiger partial charge in [0.2, 0.25) is 0 Å². The fourth-order valence-electron chi connectivity index (χ4n) is 4.80. The topological polar surface area (TPSA) is 73.6 Å². The molecule has 188 valence electrons. The first kappa shape index (κ1) is 25.8. The van der Waals surface area contributed by atoms with Crippen molar-refractivity contribution in [2.24, 2.45) is 13.0 Å². The van der Waals surface area contributed by atoms with Crippen LogP contribution in [0, 0.1) is 5.92 Å². The minimum Gasteiger partial charge on any atom is -0.497 e. The Hall–Kier alpha value is -2.27. The normalized spacial score (nSPS) is 19.8. The quantitative estimate of drug-likeness (QED) is 0.327. The second kappa shape index (κ2) is 11.2. The summed E-state index contributed by atoms with van der Waals surface area (Å²) >= 11 is 6.53. The maximum Gasteiger partial charge on any atom is 0.197 e. The number of nitrogens with zero attached hydrogens (tertiary/aromatic N) is 2. The van der Waals surface area contributed by atoms with Gasteiger partial charge in [0.05, 0.1) is 20.0 Å². The van der Waals surface area contributed by atoms with Crippen molar-refractivity contribution >= 4 is 19.0 Å². The summed E-state index contributed by atoms with van der Waals surface area (Å²) < 4.78 is 25.1. The van der Waals surface area contributed by atoms with Gasteiger partial charge in [-0.1, -0.05) is 23.7 Å². The van der Waals surface area contributed by atoms with Crippen LogP contribution < -0.4 is 9.47 Å². The number of imidazole rings is 1. The van der Waals surface area contributed by atoms with E-state index in [4.69, 9.17) is 21.1 Å².